The van der Waals surface area contributed by atoms with Crippen LogP contribution in [0.15, 0.2) is 30.3 Å². The Morgan fingerprint density at radius 1 is 1.36 bits per heavy atom. The van der Waals surface area contributed by atoms with Crippen LogP contribution in [0.2, 0.25) is 0 Å². The van der Waals surface area contributed by atoms with E-state index in [9.17, 15) is 4.39 Å². The van der Waals surface area contributed by atoms with Crippen LogP contribution in [0, 0.1) is 0 Å². The molecule has 1 aromatic rings. The summed E-state index contributed by atoms with van der Waals surface area (Å²) in [4.78, 5) is 0. The first kappa shape index (κ1) is 6.80. The van der Waals surface area contributed by atoms with E-state index >= 15 is 0 Å². The van der Waals surface area contributed by atoms with Gasteiger partial charge in [-0.05, 0) is 6.92 Å². The third-order valence-corrected chi connectivity index (χ3v) is 1.98. The molecule has 0 aromatic heterocycles. The summed E-state index contributed by atoms with van der Waals surface area (Å²) in [5.41, 5.74) is 0.618. The third kappa shape index (κ3) is 0.942. The normalized spacial score (nSPS) is 35.3. The van der Waals surface area contributed by atoms with Crippen LogP contribution in [0.5, 0.6) is 0 Å². The molecule has 0 spiro atoms. The van der Waals surface area contributed by atoms with Gasteiger partial charge in [0.15, 0.2) is 0 Å². The smallest absolute Gasteiger partial charge is 0.262 e. The van der Waals surface area contributed by atoms with Crippen LogP contribution in [-0.4, -0.2) is 6.10 Å². The Balaban J connectivity index is 2.32. The average molecular weight is 152 g/mol. The zero-order chi connectivity index (χ0) is 7.90. The van der Waals surface area contributed by atoms with Crippen LogP contribution < -0.4 is 0 Å². The highest BCUT2D eigenvalue weighted by atomic mass is 19.2. The molecule has 0 saturated carbocycles. The fraction of sp³-hybridized carbons (Fsp3) is 0.333. The maximum atomic E-state index is 13.4. The SMILES string of the molecule is C[C@@H]1O[C@]1(F)c1ccccc1. The molecule has 1 nitrogen and oxygen atoms in total. The van der Waals surface area contributed by atoms with Crippen molar-refractivity contribution in [2.75, 3.05) is 0 Å². The second kappa shape index (κ2) is 2.05. The molecule has 1 aliphatic heterocycles. The Morgan fingerprint density at radius 3 is 2.36 bits per heavy atom. The highest BCUT2D eigenvalue weighted by Crippen LogP contribution is 2.47. The number of hydrogen-bond donors (Lipinski definition) is 0. The molecule has 0 amide bonds. The number of alkyl halides is 1. The van der Waals surface area contributed by atoms with Crippen molar-refractivity contribution in [1.82, 2.24) is 0 Å². The topological polar surface area (TPSA) is 12.5 Å². The largest absolute Gasteiger partial charge is 0.331 e. The fourth-order valence-electron chi connectivity index (χ4n) is 1.19. The summed E-state index contributed by atoms with van der Waals surface area (Å²) in [5, 5.41) is 0. The molecule has 2 rings (SSSR count). The molecular weight excluding hydrogens is 143 g/mol. The summed E-state index contributed by atoms with van der Waals surface area (Å²) in [5.74, 6) is -1.50. The van der Waals surface area contributed by atoms with Gasteiger partial charge < -0.3 is 4.74 Å². The van der Waals surface area contributed by atoms with Gasteiger partial charge in [0.25, 0.3) is 5.85 Å². The number of halogens is 1. The molecule has 1 aliphatic rings. The first-order valence-electron chi connectivity index (χ1n) is 3.66. The summed E-state index contributed by atoms with van der Waals surface area (Å²) in [6.07, 6.45) is -0.287. The molecule has 11 heavy (non-hydrogen) atoms. The summed E-state index contributed by atoms with van der Waals surface area (Å²) >= 11 is 0. The first-order chi connectivity index (χ1) is 5.23. The number of hydrogen-bond acceptors (Lipinski definition) is 1. The Hall–Kier alpha value is -0.890. The van der Waals surface area contributed by atoms with Crippen molar-refractivity contribution in [2.45, 2.75) is 18.9 Å². The highest BCUT2D eigenvalue weighted by Gasteiger charge is 2.56. The van der Waals surface area contributed by atoms with Crippen LogP contribution in [0.3, 0.4) is 0 Å². The number of rotatable bonds is 1. The van der Waals surface area contributed by atoms with Crippen molar-refractivity contribution in [2.24, 2.45) is 0 Å². The lowest BCUT2D eigenvalue weighted by molar-refractivity contribution is 0.141. The molecule has 1 fully saturated rings. The standard InChI is InChI=1S/C9H9FO/c1-7-9(10,11-7)8-5-3-2-4-6-8/h2-7H,1H3/t7-,9-/m0/s1. The predicted octanol–water partition coefficient (Wildman–Crippen LogP) is 2.23. The lowest BCUT2D eigenvalue weighted by atomic mass is 10.1. The molecule has 1 saturated heterocycles. The monoisotopic (exact) mass is 152 g/mol. The Morgan fingerprint density at radius 2 is 1.91 bits per heavy atom. The van der Waals surface area contributed by atoms with Crippen LogP contribution in [0.25, 0.3) is 0 Å². The minimum atomic E-state index is -1.50. The van der Waals surface area contributed by atoms with Gasteiger partial charge in [0.1, 0.15) is 6.10 Å². The van der Waals surface area contributed by atoms with E-state index in [0.717, 1.165) is 0 Å². The molecule has 1 aromatic carbocycles. The summed E-state index contributed by atoms with van der Waals surface area (Å²) in [6.45, 7) is 1.73. The molecule has 0 bridgehead atoms. The molecule has 0 aliphatic carbocycles. The van der Waals surface area contributed by atoms with Crippen LogP contribution >= 0.6 is 0 Å². The van der Waals surface area contributed by atoms with Crippen molar-refractivity contribution in [3.8, 4) is 0 Å². The van der Waals surface area contributed by atoms with Gasteiger partial charge in [0.2, 0.25) is 0 Å². The molecule has 0 unspecified atom stereocenters. The van der Waals surface area contributed by atoms with Gasteiger partial charge in [-0.15, -0.1) is 0 Å². The zero-order valence-electron chi connectivity index (χ0n) is 6.25. The molecule has 2 heteroatoms. The fourth-order valence-corrected chi connectivity index (χ4v) is 1.19. The van der Waals surface area contributed by atoms with E-state index in [1.807, 2.05) is 18.2 Å². The minimum absolute atomic E-state index is 0.287. The van der Waals surface area contributed by atoms with Gasteiger partial charge in [-0.3, -0.25) is 0 Å². The molecular formula is C9H9FO. The molecule has 58 valence electrons. The van der Waals surface area contributed by atoms with Crippen LogP contribution in [0.1, 0.15) is 12.5 Å². The van der Waals surface area contributed by atoms with E-state index in [4.69, 9.17) is 4.74 Å². The van der Waals surface area contributed by atoms with Gasteiger partial charge in [0, 0.05) is 5.56 Å². The highest BCUT2D eigenvalue weighted by molar-refractivity contribution is 5.25. The van der Waals surface area contributed by atoms with E-state index in [0.29, 0.717) is 5.56 Å². The lowest BCUT2D eigenvalue weighted by Gasteiger charge is -1.99. The van der Waals surface area contributed by atoms with Crippen molar-refractivity contribution in [1.29, 1.82) is 0 Å². The zero-order valence-corrected chi connectivity index (χ0v) is 6.25. The summed E-state index contributed by atoms with van der Waals surface area (Å²) in [7, 11) is 0. The minimum Gasteiger partial charge on any atom is -0.331 e. The maximum Gasteiger partial charge on any atom is 0.262 e. The summed E-state index contributed by atoms with van der Waals surface area (Å²) < 4.78 is 18.2. The number of epoxide rings is 1. The van der Waals surface area contributed by atoms with Gasteiger partial charge in [-0.1, -0.05) is 30.3 Å². The van der Waals surface area contributed by atoms with Crippen molar-refractivity contribution >= 4 is 0 Å². The van der Waals surface area contributed by atoms with Crippen molar-refractivity contribution in [3.05, 3.63) is 35.9 Å². The molecule has 2 atom stereocenters. The van der Waals surface area contributed by atoms with Gasteiger partial charge in [0.05, 0.1) is 0 Å². The average Bonchev–Trinajstić information content (AvgIpc) is 2.64. The molecule has 0 N–H and O–H groups in total. The second-order valence-electron chi connectivity index (χ2n) is 2.77. The van der Waals surface area contributed by atoms with Crippen LogP contribution in [-0.2, 0) is 10.6 Å². The third-order valence-electron chi connectivity index (χ3n) is 1.98. The first-order valence-corrected chi connectivity index (χ1v) is 3.66. The van der Waals surface area contributed by atoms with Gasteiger partial charge >= 0.3 is 0 Å². The van der Waals surface area contributed by atoms with Crippen LogP contribution in [0.4, 0.5) is 4.39 Å². The number of ether oxygens (including phenoxy) is 1. The van der Waals surface area contributed by atoms with E-state index in [-0.39, 0.29) is 6.10 Å². The van der Waals surface area contributed by atoms with E-state index in [1.165, 1.54) is 0 Å². The van der Waals surface area contributed by atoms with E-state index in [2.05, 4.69) is 0 Å². The van der Waals surface area contributed by atoms with Crippen molar-refractivity contribution in [3.63, 3.8) is 0 Å². The molecule has 1 heterocycles. The predicted molar refractivity (Wildman–Crippen MR) is 39.8 cm³/mol. The van der Waals surface area contributed by atoms with E-state index in [1.54, 1.807) is 19.1 Å². The van der Waals surface area contributed by atoms with Gasteiger partial charge in [-0.25, -0.2) is 4.39 Å². The molecule has 0 radical (unpaired) electrons. The number of benzene rings is 1. The lowest BCUT2D eigenvalue weighted by Crippen LogP contribution is -2.02. The Kier molecular flexibility index (Phi) is 1.26. The maximum absolute atomic E-state index is 13.4. The van der Waals surface area contributed by atoms with Gasteiger partial charge in [-0.2, -0.15) is 0 Å². The Bertz CT molecular complexity index is 260. The van der Waals surface area contributed by atoms with Crippen molar-refractivity contribution < 1.29 is 9.13 Å². The Labute approximate surface area is 64.8 Å². The quantitative estimate of drug-likeness (QED) is 0.562. The second-order valence-corrected chi connectivity index (χ2v) is 2.77. The summed E-state index contributed by atoms with van der Waals surface area (Å²) in [6, 6.07) is 8.96. The van der Waals surface area contributed by atoms with E-state index < -0.39 is 5.85 Å².